The third-order valence-electron chi connectivity index (χ3n) is 5.45. The van der Waals surface area contributed by atoms with Crippen molar-refractivity contribution in [2.45, 2.75) is 25.4 Å². The normalized spacial score (nSPS) is 16.1. The third-order valence-corrected chi connectivity index (χ3v) is 5.45. The maximum absolute atomic E-state index is 12.8. The van der Waals surface area contributed by atoms with Crippen molar-refractivity contribution in [3.63, 3.8) is 0 Å². The zero-order valence-corrected chi connectivity index (χ0v) is 16.7. The van der Waals surface area contributed by atoms with E-state index in [0.717, 1.165) is 34.0 Å². The van der Waals surface area contributed by atoms with Gasteiger partial charge in [0, 0.05) is 25.9 Å². The summed E-state index contributed by atoms with van der Waals surface area (Å²) in [7, 11) is 3.25. The van der Waals surface area contributed by atoms with Gasteiger partial charge in [-0.15, -0.1) is 10.2 Å². The van der Waals surface area contributed by atoms with Gasteiger partial charge in [-0.1, -0.05) is 12.1 Å². The number of benzene rings is 1. The molecule has 0 saturated carbocycles. The minimum atomic E-state index is -0.0539. The number of fused-ring (bicyclic) bond motifs is 3. The average molecular weight is 404 g/mol. The van der Waals surface area contributed by atoms with Gasteiger partial charge >= 0.3 is 0 Å². The molecule has 1 aliphatic rings. The molecule has 4 aromatic rings. The second kappa shape index (κ2) is 7.38. The minimum Gasteiger partial charge on any atom is -0.497 e. The van der Waals surface area contributed by atoms with E-state index in [9.17, 15) is 4.79 Å². The van der Waals surface area contributed by atoms with Crippen molar-refractivity contribution in [3.8, 4) is 16.9 Å². The van der Waals surface area contributed by atoms with Gasteiger partial charge < -0.3 is 13.9 Å². The van der Waals surface area contributed by atoms with Gasteiger partial charge in [-0.2, -0.15) is 5.10 Å². The minimum absolute atomic E-state index is 0.0492. The number of rotatable bonds is 5. The molecule has 0 saturated heterocycles. The van der Waals surface area contributed by atoms with Gasteiger partial charge in [-0.05, 0) is 29.8 Å². The molecule has 0 spiro atoms. The van der Waals surface area contributed by atoms with Crippen molar-refractivity contribution >= 4 is 11.4 Å². The Hall–Kier alpha value is -3.52. The molecule has 5 rings (SSSR count). The van der Waals surface area contributed by atoms with Crippen LogP contribution in [0.25, 0.3) is 16.8 Å². The molecule has 8 nitrogen and oxygen atoms in total. The van der Waals surface area contributed by atoms with Crippen LogP contribution in [-0.2, 0) is 17.8 Å². The highest BCUT2D eigenvalue weighted by Crippen LogP contribution is 2.35. The molecule has 0 aliphatic heterocycles. The van der Waals surface area contributed by atoms with E-state index in [1.807, 2.05) is 36.4 Å². The average Bonchev–Trinajstić information content (AvgIpc) is 3.42. The molecule has 0 amide bonds. The molecular weight excluding hydrogens is 384 g/mol. The van der Waals surface area contributed by atoms with E-state index in [0.29, 0.717) is 30.8 Å². The first-order valence-corrected chi connectivity index (χ1v) is 9.66. The van der Waals surface area contributed by atoms with Crippen molar-refractivity contribution in [1.29, 1.82) is 0 Å². The van der Waals surface area contributed by atoms with Crippen molar-refractivity contribution in [1.82, 2.24) is 19.8 Å². The highest BCUT2D eigenvalue weighted by atomic mass is 16.5. The smallest absolute Gasteiger partial charge is 0.185 e. The summed E-state index contributed by atoms with van der Waals surface area (Å²) in [6.45, 7) is 0.315. The van der Waals surface area contributed by atoms with Crippen LogP contribution in [0.5, 0.6) is 5.75 Å². The monoisotopic (exact) mass is 404 g/mol. The van der Waals surface area contributed by atoms with Crippen LogP contribution in [0, 0.1) is 0 Å². The van der Waals surface area contributed by atoms with E-state index < -0.39 is 0 Å². The number of methoxy groups -OCH3 is 2. The third kappa shape index (κ3) is 2.96. The van der Waals surface area contributed by atoms with Gasteiger partial charge in [0.05, 0.1) is 36.9 Å². The fraction of sp³-hybridized carbons (Fsp3) is 0.273. The van der Waals surface area contributed by atoms with Crippen LogP contribution in [0.2, 0.25) is 0 Å². The van der Waals surface area contributed by atoms with Gasteiger partial charge in [0.2, 0.25) is 0 Å². The molecule has 0 N–H and O–H groups in total. The second-order valence-electron chi connectivity index (χ2n) is 7.26. The molecule has 1 atom stereocenters. The molecule has 0 radical (unpaired) electrons. The van der Waals surface area contributed by atoms with Gasteiger partial charge in [0.15, 0.2) is 17.1 Å². The van der Waals surface area contributed by atoms with Crippen molar-refractivity contribution < 1.29 is 18.7 Å². The number of ketones is 1. The lowest BCUT2D eigenvalue weighted by Crippen LogP contribution is -2.24. The maximum Gasteiger partial charge on any atom is 0.185 e. The molecule has 1 aromatic carbocycles. The lowest BCUT2D eigenvalue weighted by molar-refractivity contribution is 0.0951. The Kier molecular flexibility index (Phi) is 4.55. The zero-order valence-electron chi connectivity index (χ0n) is 16.7. The number of carbonyl (C=O) groups excluding carboxylic acids is 1. The van der Waals surface area contributed by atoms with Crippen LogP contribution in [0.4, 0.5) is 0 Å². The fourth-order valence-electron chi connectivity index (χ4n) is 4.03. The first-order valence-electron chi connectivity index (χ1n) is 9.66. The number of furan rings is 1. The Bertz CT molecular complexity index is 1210. The Morgan fingerprint density at radius 2 is 1.97 bits per heavy atom. The van der Waals surface area contributed by atoms with Crippen LogP contribution in [0.3, 0.4) is 0 Å². The van der Waals surface area contributed by atoms with E-state index in [1.54, 1.807) is 25.0 Å². The van der Waals surface area contributed by atoms with Crippen LogP contribution < -0.4 is 4.74 Å². The quantitative estimate of drug-likeness (QED) is 0.503. The van der Waals surface area contributed by atoms with Gasteiger partial charge in [-0.25, -0.2) is 4.52 Å². The molecular formula is C22H20N4O4. The summed E-state index contributed by atoms with van der Waals surface area (Å²) < 4.78 is 17.9. The largest absolute Gasteiger partial charge is 0.497 e. The molecule has 3 heterocycles. The Labute approximate surface area is 172 Å². The SMILES string of the molecule is COCc1nn2c3c(nnc2c1-c1ccc(OC)cc1)C(=O)C[C@@H](c1ccco1)C3. The summed E-state index contributed by atoms with van der Waals surface area (Å²) in [5.74, 6) is 1.45. The van der Waals surface area contributed by atoms with E-state index >= 15 is 0 Å². The van der Waals surface area contributed by atoms with Crippen LogP contribution >= 0.6 is 0 Å². The predicted molar refractivity (Wildman–Crippen MR) is 108 cm³/mol. The first-order chi connectivity index (χ1) is 14.7. The first kappa shape index (κ1) is 18.5. The molecule has 0 bridgehead atoms. The summed E-state index contributed by atoms with van der Waals surface area (Å²) >= 11 is 0. The highest BCUT2D eigenvalue weighted by Gasteiger charge is 2.33. The number of hydrogen-bond acceptors (Lipinski definition) is 7. The van der Waals surface area contributed by atoms with Crippen LogP contribution in [0.15, 0.2) is 47.1 Å². The standard InChI is InChI=1S/C22H20N4O4/c1-28-12-16-20(13-5-7-15(29-2)8-6-13)22-24-23-21-17(26(22)25-16)10-14(11-18(21)27)19-4-3-9-30-19/h3-9,14H,10-12H2,1-2H3/t14-/m0/s1. The molecule has 1 aliphatic carbocycles. The maximum atomic E-state index is 12.8. The Morgan fingerprint density at radius 3 is 2.67 bits per heavy atom. The fourth-order valence-corrected chi connectivity index (χ4v) is 4.03. The van der Waals surface area contributed by atoms with E-state index in [4.69, 9.17) is 19.0 Å². The predicted octanol–water partition coefficient (Wildman–Crippen LogP) is 3.45. The molecule has 8 heteroatoms. The van der Waals surface area contributed by atoms with Crippen molar-refractivity contribution in [2.24, 2.45) is 0 Å². The summed E-state index contributed by atoms with van der Waals surface area (Å²) in [5, 5.41) is 13.4. The topological polar surface area (TPSA) is 91.8 Å². The Balaban J connectivity index is 1.68. The molecule has 3 aromatic heterocycles. The number of nitrogens with zero attached hydrogens (tertiary/aromatic N) is 4. The van der Waals surface area contributed by atoms with E-state index in [1.165, 1.54) is 0 Å². The van der Waals surface area contributed by atoms with E-state index in [2.05, 4.69) is 10.2 Å². The molecule has 0 fully saturated rings. The number of aromatic nitrogens is 4. The number of Topliss-reactive ketones (excluding diaryl/α,β-unsaturated/α-hetero) is 1. The van der Waals surface area contributed by atoms with Crippen molar-refractivity contribution in [3.05, 3.63) is 65.5 Å². The van der Waals surface area contributed by atoms with E-state index in [-0.39, 0.29) is 11.7 Å². The Morgan fingerprint density at radius 1 is 1.13 bits per heavy atom. The number of hydrogen-bond donors (Lipinski definition) is 0. The summed E-state index contributed by atoms with van der Waals surface area (Å²) in [5.41, 5.74) is 4.21. The van der Waals surface area contributed by atoms with Gasteiger partial charge in [0.25, 0.3) is 0 Å². The molecule has 0 unspecified atom stereocenters. The second-order valence-corrected chi connectivity index (χ2v) is 7.26. The molecule has 152 valence electrons. The summed E-state index contributed by atoms with van der Waals surface area (Å²) in [6.07, 6.45) is 2.57. The highest BCUT2D eigenvalue weighted by molar-refractivity contribution is 5.97. The van der Waals surface area contributed by atoms with Gasteiger partial charge in [-0.3, -0.25) is 4.79 Å². The van der Waals surface area contributed by atoms with Crippen molar-refractivity contribution in [2.75, 3.05) is 14.2 Å². The van der Waals surface area contributed by atoms with Crippen LogP contribution in [-0.4, -0.2) is 39.8 Å². The lowest BCUT2D eigenvalue weighted by Gasteiger charge is -2.21. The molecule has 30 heavy (non-hydrogen) atoms. The summed E-state index contributed by atoms with van der Waals surface area (Å²) in [6, 6.07) is 11.4. The zero-order chi connectivity index (χ0) is 20.7. The lowest BCUT2D eigenvalue weighted by atomic mass is 9.87. The summed E-state index contributed by atoms with van der Waals surface area (Å²) in [4.78, 5) is 12.8. The van der Waals surface area contributed by atoms with Crippen LogP contribution in [0.1, 0.15) is 40.0 Å². The van der Waals surface area contributed by atoms with Gasteiger partial charge in [0.1, 0.15) is 11.5 Å². The number of ether oxygens (including phenoxy) is 2. The number of carbonyl (C=O) groups is 1.